The third-order valence-electron chi connectivity index (χ3n) is 7.40. The molecular weight excluding hydrogens is 512 g/mol. The van der Waals surface area contributed by atoms with Crippen molar-refractivity contribution in [1.82, 2.24) is 29.6 Å². The quantitative estimate of drug-likeness (QED) is 0.466. The molecule has 2 aliphatic rings. The maximum absolute atomic E-state index is 13.4. The van der Waals surface area contributed by atoms with Gasteiger partial charge in [-0.15, -0.1) is 10.2 Å². The molecular formula is C28H36N8O4. The molecule has 1 amide bonds. The average Bonchev–Trinajstić information content (AvgIpc) is 3.42. The lowest BCUT2D eigenvalue weighted by atomic mass is 10.0. The second-order valence-electron chi connectivity index (χ2n) is 11.5. The highest BCUT2D eigenvalue weighted by Gasteiger charge is 2.27. The predicted octanol–water partition coefficient (Wildman–Crippen LogP) is 4.01. The van der Waals surface area contributed by atoms with Gasteiger partial charge >= 0.3 is 6.09 Å². The Labute approximate surface area is 232 Å². The van der Waals surface area contributed by atoms with E-state index in [1.54, 1.807) is 28.7 Å². The van der Waals surface area contributed by atoms with E-state index in [0.717, 1.165) is 25.7 Å². The number of aromatic nitrogens is 5. The third-order valence-corrected chi connectivity index (χ3v) is 7.40. The van der Waals surface area contributed by atoms with Crippen molar-refractivity contribution in [1.29, 1.82) is 0 Å². The third kappa shape index (κ3) is 5.61. The van der Waals surface area contributed by atoms with Gasteiger partial charge in [-0.3, -0.25) is 14.2 Å². The number of anilines is 3. The van der Waals surface area contributed by atoms with Crippen molar-refractivity contribution in [2.24, 2.45) is 0 Å². The number of carbonyl (C=O) groups excluding carboxylic acids is 2. The van der Waals surface area contributed by atoms with Crippen molar-refractivity contribution >= 4 is 40.5 Å². The Hall–Kier alpha value is -4.09. The van der Waals surface area contributed by atoms with Crippen LogP contribution in [0.2, 0.25) is 0 Å². The summed E-state index contributed by atoms with van der Waals surface area (Å²) >= 11 is 0. The average molecular weight is 549 g/mol. The molecule has 3 aromatic heterocycles. The zero-order valence-corrected chi connectivity index (χ0v) is 23.7. The molecule has 2 fully saturated rings. The van der Waals surface area contributed by atoms with Crippen molar-refractivity contribution in [3.8, 4) is 0 Å². The highest BCUT2D eigenvalue weighted by atomic mass is 16.6. The van der Waals surface area contributed by atoms with Crippen LogP contribution in [0.4, 0.5) is 22.4 Å². The van der Waals surface area contributed by atoms with Crippen LogP contribution in [0.5, 0.6) is 0 Å². The number of ketones is 1. The number of carbonyl (C=O) groups is 2. The van der Waals surface area contributed by atoms with Crippen LogP contribution in [0, 0.1) is 6.92 Å². The van der Waals surface area contributed by atoms with E-state index in [0.29, 0.717) is 60.4 Å². The number of nitrogens with zero attached hydrogens (tertiary/aromatic N) is 7. The van der Waals surface area contributed by atoms with E-state index in [9.17, 15) is 14.4 Å². The molecule has 0 bridgehead atoms. The van der Waals surface area contributed by atoms with Gasteiger partial charge in [0.2, 0.25) is 5.95 Å². The van der Waals surface area contributed by atoms with Crippen LogP contribution in [0.25, 0.3) is 11.0 Å². The SMILES string of the molecule is CC(=O)c1c(C)c2cnc(Nc3ccc(N4CCN(C(=O)OC(C)(C)C)CC4)nn3)nc2n(C2CCCC2)c1=O. The van der Waals surface area contributed by atoms with Gasteiger partial charge in [-0.05, 0) is 65.2 Å². The molecule has 0 spiro atoms. The van der Waals surface area contributed by atoms with Gasteiger partial charge in [-0.1, -0.05) is 12.8 Å². The molecule has 3 aromatic rings. The second kappa shape index (κ2) is 10.8. The highest BCUT2D eigenvalue weighted by molar-refractivity contribution is 5.99. The van der Waals surface area contributed by atoms with Gasteiger partial charge < -0.3 is 19.9 Å². The lowest BCUT2D eigenvalue weighted by Crippen LogP contribution is -2.50. The fourth-order valence-corrected chi connectivity index (χ4v) is 5.43. The number of rotatable bonds is 5. The topological polar surface area (TPSA) is 135 Å². The first-order chi connectivity index (χ1) is 19.0. The fourth-order valence-electron chi connectivity index (χ4n) is 5.43. The number of Topliss-reactive ketones (excluding diaryl/α,β-unsaturated/α-hetero) is 1. The lowest BCUT2D eigenvalue weighted by Gasteiger charge is -2.35. The molecule has 12 heteroatoms. The number of pyridine rings is 1. The van der Waals surface area contributed by atoms with Crippen molar-refractivity contribution in [3.05, 3.63) is 39.8 Å². The molecule has 1 aliphatic carbocycles. The lowest BCUT2D eigenvalue weighted by molar-refractivity contribution is 0.0240. The summed E-state index contributed by atoms with van der Waals surface area (Å²) in [5.41, 5.74) is 0.511. The maximum atomic E-state index is 13.4. The molecule has 1 saturated heterocycles. The molecule has 0 aromatic carbocycles. The van der Waals surface area contributed by atoms with E-state index in [-0.39, 0.29) is 29.0 Å². The Morgan fingerprint density at radius 1 is 1.05 bits per heavy atom. The molecule has 1 saturated carbocycles. The van der Waals surface area contributed by atoms with Gasteiger partial charge in [-0.2, -0.15) is 4.98 Å². The van der Waals surface area contributed by atoms with Crippen LogP contribution in [0.15, 0.2) is 23.1 Å². The zero-order chi connectivity index (χ0) is 28.6. The zero-order valence-electron chi connectivity index (χ0n) is 23.7. The van der Waals surface area contributed by atoms with Crippen LogP contribution in [-0.2, 0) is 4.74 Å². The largest absolute Gasteiger partial charge is 0.444 e. The van der Waals surface area contributed by atoms with Crippen molar-refractivity contribution in [2.75, 3.05) is 36.4 Å². The first-order valence-corrected chi connectivity index (χ1v) is 13.8. The first kappa shape index (κ1) is 27.5. The maximum Gasteiger partial charge on any atom is 0.410 e. The molecule has 40 heavy (non-hydrogen) atoms. The van der Waals surface area contributed by atoms with Gasteiger partial charge in [-0.25, -0.2) is 9.78 Å². The fraction of sp³-hybridized carbons (Fsp3) is 0.536. The Balaban J connectivity index is 1.33. The Morgan fingerprint density at radius 2 is 1.75 bits per heavy atom. The Bertz CT molecular complexity index is 1480. The molecule has 1 N–H and O–H groups in total. The number of amides is 1. The molecule has 5 rings (SSSR count). The van der Waals surface area contributed by atoms with Gasteiger partial charge in [0.1, 0.15) is 11.2 Å². The minimum absolute atomic E-state index is 0.00584. The van der Waals surface area contributed by atoms with Gasteiger partial charge in [0.25, 0.3) is 5.56 Å². The van der Waals surface area contributed by atoms with Crippen LogP contribution in [0.1, 0.15) is 75.3 Å². The summed E-state index contributed by atoms with van der Waals surface area (Å²) in [5, 5.41) is 12.5. The van der Waals surface area contributed by atoms with E-state index in [1.165, 1.54) is 6.92 Å². The van der Waals surface area contributed by atoms with Crippen molar-refractivity contribution in [2.45, 2.75) is 71.9 Å². The van der Waals surface area contributed by atoms with Gasteiger partial charge in [0, 0.05) is 43.8 Å². The van der Waals surface area contributed by atoms with Crippen LogP contribution in [-0.4, -0.2) is 73.3 Å². The van der Waals surface area contributed by atoms with E-state index >= 15 is 0 Å². The number of hydrogen-bond donors (Lipinski definition) is 1. The monoisotopic (exact) mass is 548 g/mol. The normalized spacial score (nSPS) is 16.4. The van der Waals surface area contributed by atoms with Crippen LogP contribution in [0.3, 0.4) is 0 Å². The predicted molar refractivity (Wildman–Crippen MR) is 151 cm³/mol. The van der Waals surface area contributed by atoms with Gasteiger partial charge in [0.15, 0.2) is 17.4 Å². The molecule has 0 radical (unpaired) electrons. The summed E-state index contributed by atoms with van der Waals surface area (Å²) < 4.78 is 7.15. The van der Waals surface area contributed by atoms with Crippen LogP contribution < -0.4 is 15.8 Å². The number of nitrogens with one attached hydrogen (secondary N) is 1. The number of piperazine rings is 1. The van der Waals surface area contributed by atoms with E-state index in [1.807, 2.05) is 26.8 Å². The molecule has 212 valence electrons. The number of aryl methyl sites for hydroxylation is 1. The molecule has 12 nitrogen and oxygen atoms in total. The molecule has 0 atom stereocenters. The Kier molecular flexibility index (Phi) is 7.43. The van der Waals surface area contributed by atoms with E-state index < -0.39 is 5.60 Å². The molecule has 1 aliphatic heterocycles. The second-order valence-corrected chi connectivity index (χ2v) is 11.5. The van der Waals surface area contributed by atoms with Crippen molar-refractivity contribution in [3.63, 3.8) is 0 Å². The first-order valence-electron chi connectivity index (χ1n) is 13.8. The van der Waals surface area contributed by atoms with Crippen LogP contribution >= 0.6 is 0 Å². The Morgan fingerprint density at radius 3 is 2.35 bits per heavy atom. The summed E-state index contributed by atoms with van der Waals surface area (Å²) in [5.74, 6) is 1.21. The summed E-state index contributed by atoms with van der Waals surface area (Å²) in [6, 6.07) is 3.66. The standard InChI is InChI=1S/C28H36N8O4/c1-17-20-16-29-26(31-24(20)36(19-8-6-7-9-19)25(38)23(17)18(2)37)30-21-10-11-22(33-32-21)34-12-14-35(15-13-34)27(39)40-28(3,4)5/h10-11,16,19H,6-9,12-15H2,1-5H3,(H,29,30,31,32). The van der Waals surface area contributed by atoms with E-state index in [2.05, 4.69) is 25.4 Å². The molecule has 0 unspecified atom stereocenters. The number of fused-ring (bicyclic) bond motifs is 1. The van der Waals surface area contributed by atoms with E-state index in [4.69, 9.17) is 9.72 Å². The molecule has 4 heterocycles. The summed E-state index contributed by atoms with van der Waals surface area (Å²) in [6.07, 6.45) is 5.18. The minimum Gasteiger partial charge on any atom is -0.444 e. The number of hydrogen-bond acceptors (Lipinski definition) is 10. The van der Waals surface area contributed by atoms with Crippen molar-refractivity contribution < 1.29 is 14.3 Å². The number of ether oxygens (including phenoxy) is 1. The summed E-state index contributed by atoms with van der Waals surface area (Å²) in [7, 11) is 0. The summed E-state index contributed by atoms with van der Waals surface area (Å²) in [4.78, 5) is 51.0. The minimum atomic E-state index is -0.526. The highest BCUT2D eigenvalue weighted by Crippen LogP contribution is 2.32. The van der Waals surface area contributed by atoms with Gasteiger partial charge in [0.05, 0.1) is 5.56 Å². The smallest absolute Gasteiger partial charge is 0.410 e. The summed E-state index contributed by atoms with van der Waals surface area (Å²) in [6.45, 7) is 11.1.